The van der Waals surface area contributed by atoms with E-state index in [1.54, 1.807) is 0 Å². The summed E-state index contributed by atoms with van der Waals surface area (Å²) in [6, 6.07) is 21.3. The minimum Gasteiger partial charge on any atom is -1.00 e. The first-order valence-electron chi connectivity index (χ1n) is 8.35. The van der Waals surface area contributed by atoms with Gasteiger partial charge in [0.1, 0.15) is 11.4 Å². The molecule has 0 saturated carbocycles. The number of hydrogen-bond acceptors (Lipinski definition) is 2. The molecular weight excluding hydrogens is 423 g/mol. The lowest BCUT2D eigenvalue weighted by Crippen LogP contribution is -3.00. The second-order valence-corrected chi connectivity index (χ2v) is 7.21. The standard InChI is InChI=1S/C21H25N2O.HI/c1-16(23(2,3)4)15-24-22-21-19-11-7-5-9-17(19)13-14-18-10-6-8-12-20(18)21;/h5-14,16H,15H2,1-4H3;1H/q+1;/p-1. The summed E-state index contributed by atoms with van der Waals surface area (Å²) in [4.78, 5) is 5.78. The molecule has 0 bridgehead atoms. The van der Waals surface area contributed by atoms with Gasteiger partial charge in [-0.1, -0.05) is 65.8 Å². The molecule has 0 aromatic heterocycles. The van der Waals surface area contributed by atoms with Crippen LogP contribution in [0, 0.1) is 0 Å². The molecule has 0 aliphatic heterocycles. The summed E-state index contributed by atoms with van der Waals surface area (Å²) in [6.45, 7) is 2.77. The highest BCUT2D eigenvalue weighted by atomic mass is 127. The van der Waals surface area contributed by atoms with Crippen LogP contribution in [0.3, 0.4) is 0 Å². The molecule has 0 radical (unpaired) electrons. The van der Waals surface area contributed by atoms with E-state index in [-0.39, 0.29) is 24.0 Å². The highest BCUT2D eigenvalue weighted by Crippen LogP contribution is 2.15. The lowest BCUT2D eigenvalue weighted by molar-refractivity contribution is -0.894. The van der Waals surface area contributed by atoms with Gasteiger partial charge in [-0.25, -0.2) is 0 Å². The molecule has 0 aliphatic rings. The van der Waals surface area contributed by atoms with Crippen LogP contribution in [0.1, 0.15) is 6.92 Å². The van der Waals surface area contributed by atoms with Gasteiger partial charge in [0, 0.05) is 10.8 Å². The van der Waals surface area contributed by atoms with Gasteiger partial charge in [0.05, 0.1) is 21.1 Å². The highest BCUT2D eigenvalue weighted by molar-refractivity contribution is 5.92. The fourth-order valence-corrected chi connectivity index (χ4v) is 2.57. The van der Waals surface area contributed by atoms with Crippen molar-refractivity contribution in [1.29, 1.82) is 0 Å². The fraction of sp³-hybridized carbons (Fsp3) is 0.286. The van der Waals surface area contributed by atoms with E-state index in [1.165, 1.54) is 0 Å². The van der Waals surface area contributed by atoms with Gasteiger partial charge in [-0.05, 0) is 17.7 Å². The van der Waals surface area contributed by atoms with Crippen LogP contribution in [0.2, 0.25) is 0 Å². The molecule has 0 aliphatic carbocycles. The van der Waals surface area contributed by atoms with E-state index >= 15 is 0 Å². The molecule has 0 fully saturated rings. The highest BCUT2D eigenvalue weighted by Gasteiger charge is 2.18. The molecule has 0 N–H and O–H groups in total. The van der Waals surface area contributed by atoms with E-state index < -0.39 is 0 Å². The quantitative estimate of drug-likeness (QED) is 0.331. The van der Waals surface area contributed by atoms with Gasteiger partial charge in [-0.15, -0.1) is 0 Å². The van der Waals surface area contributed by atoms with Gasteiger partial charge >= 0.3 is 0 Å². The molecule has 3 aromatic carbocycles. The third kappa shape index (κ3) is 4.50. The number of halogens is 1. The molecule has 25 heavy (non-hydrogen) atoms. The number of likely N-dealkylation sites (N-methyl/N-ethyl adjacent to an activating group) is 1. The van der Waals surface area contributed by atoms with Crippen molar-refractivity contribution in [3.8, 4) is 0 Å². The first-order valence-corrected chi connectivity index (χ1v) is 8.35. The van der Waals surface area contributed by atoms with Crippen molar-refractivity contribution in [2.24, 2.45) is 5.16 Å². The maximum atomic E-state index is 5.78. The SMILES string of the molecule is CC(CON=c1c2ccccc2ccc2ccccc12)[N+](C)(C)C.[I-]. The Balaban J connectivity index is 0.00000225. The molecule has 0 amide bonds. The molecular formula is C21H25IN2O. The van der Waals surface area contributed by atoms with Gasteiger partial charge in [-0.3, -0.25) is 0 Å². The Bertz CT molecular complexity index is 870. The molecule has 1 unspecified atom stereocenters. The van der Waals surface area contributed by atoms with Gasteiger partial charge in [0.2, 0.25) is 0 Å². The number of hydrogen-bond donors (Lipinski definition) is 0. The van der Waals surface area contributed by atoms with Crippen LogP contribution >= 0.6 is 0 Å². The van der Waals surface area contributed by atoms with Crippen molar-refractivity contribution in [3.63, 3.8) is 0 Å². The molecule has 1 atom stereocenters. The Morgan fingerprint density at radius 2 is 1.32 bits per heavy atom. The molecule has 3 rings (SSSR count). The summed E-state index contributed by atoms with van der Waals surface area (Å²) in [5.74, 6) is 0. The summed E-state index contributed by atoms with van der Waals surface area (Å²) in [7, 11) is 6.50. The maximum absolute atomic E-state index is 5.78. The topological polar surface area (TPSA) is 21.6 Å². The van der Waals surface area contributed by atoms with Crippen LogP contribution in [0.5, 0.6) is 0 Å². The minimum absolute atomic E-state index is 0. The zero-order chi connectivity index (χ0) is 17.2. The predicted octanol–water partition coefficient (Wildman–Crippen LogP) is 0.924. The van der Waals surface area contributed by atoms with Gasteiger partial charge in [-0.2, -0.15) is 0 Å². The molecule has 132 valence electrons. The van der Waals surface area contributed by atoms with Gasteiger partial charge in [0.15, 0.2) is 6.61 Å². The number of quaternary nitrogens is 1. The van der Waals surface area contributed by atoms with Crippen LogP contribution in [0.4, 0.5) is 0 Å². The lowest BCUT2D eigenvalue weighted by Gasteiger charge is -2.30. The van der Waals surface area contributed by atoms with E-state index in [2.05, 4.69) is 81.8 Å². The molecule has 0 spiro atoms. The maximum Gasteiger partial charge on any atom is 0.168 e. The number of benzene rings is 2. The second kappa shape index (κ2) is 8.15. The normalized spacial score (nSPS) is 12.5. The van der Waals surface area contributed by atoms with Crippen LogP contribution in [0.25, 0.3) is 21.5 Å². The third-order valence-corrected chi connectivity index (χ3v) is 4.67. The van der Waals surface area contributed by atoms with Crippen molar-refractivity contribution in [2.45, 2.75) is 13.0 Å². The van der Waals surface area contributed by atoms with Crippen molar-refractivity contribution in [2.75, 3.05) is 27.7 Å². The lowest BCUT2D eigenvalue weighted by atomic mass is 10.1. The second-order valence-electron chi connectivity index (χ2n) is 7.21. The predicted molar refractivity (Wildman–Crippen MR) is 100 cm³/mol. The average molecular weight is 448 g/mol. The first-order chi connectivity index (χ1) is 11.5. The monoisotopic (exact) mass is 448 g/mol. The van der Waals surface area contributed by atoms with Crippen molar-refractivity contribution in [1.82, 2.24) is 0 Å². The summed E-state index contributed by atoms with van der Waals surface area (Å²) >= 11 is 0. The Labute approximate surface area is 166 Å². The number of nitrogens with zero attached hydrogens (tertiary/aromatic N) is 2. The molecule has 3 nitrogen and oxygen atoms in total. The summed E-state index contributed by atoms with van der Waals surface area (Å²) in [6.07, 6.45) is 0. The molecule has 0 saturated heterocycles. The van der Waals surface area contributed by atoms with E-state index in [0.29, 0.717) is 12.6 Å². The van der Waals surface area contributed by atoms with Gasteiger partial charge in [0.25, 0.3) is 0 Å². The van der Waals surface area contributed by atoms with E-state index in [9.17, 15) is 0 Å². The zero-order valence-electron chi connectivity index (χ0n) is 15.2. The van der Waals surface area contributed by atoms with E-state index in [1.807, 2.05) is 12.1 Å². The van der Waals surface area contributed by atoms with Crippen molar-refractivity contribution in [3.05, 3.63) is 66.0 Å². The number of fused-ring (bicyclic) bond motifs is 2. The Hall–Kier alpha value is -1.66. The Kier molecular flexibility index (Phi) is 6.41. The smallest absolute Gasteiger partial charge is 0.168 e. The van der Waals surface area contributed by atoms with E-state index in [0.717, 1.165) is 31.4 Å². The van der Waals surface area contributed by atoms with E-state index in [4.69, 9.17) is 4.84 Å². The minimum atomic E-state index is 0. The first kappa shape index (κ1) is 19.7. The average Bonchev–Trinajstić information content (AvgIpc) is 2.72. The third-order valence-electron chi connectivity index (χ3n) is 4.67. The summed E-state index contributed by atoms with van der Waals surface area (Å²) in [5, 5.41) is 9.99. The Morgan fingerprint density at radius 3 is 1.80 bits per heavy atom. The fourth-order valence-electron chi connectivity index (χ4n) is 2.57. The van der Waals surface area contributed by atoms with Crippen molar-refractivity contribution >= 4 is 21.5 Å². The van der Waals surface area contributed by atoms with Crippen LogP contribution in [-0.2, 0) is 4.84 Å². The van der Waals surface area contributed by atoms with Crippen molar-refractivity contribution < 1.29 is 33.3 Å². The van der Waals surface area contributed by atoms with Crippen LogP contribution in [-0.4, -0.2) is 38.3 Å². The zero-order valence-corrected chi connectivity index (χ0v) is 17.4. The summed E-state index contributed by atoms with van der Waals surface area (Å²) in [5.41, 5.74) is 0. The van der Waals surface area contributed by atoms with Gasteiger partial charge < -0.3 is 33.3 Å². The molecule has 3 aromatic rings. The van der Waals surface area contributed by atoms with Crippen LogP contribution < -0.4 is 29.3 Å². The summed E-state index contributed by atoms with van der Waals surface area (Å²) < 4.78 is 0.847. The van der Waals surface area contributed by atoms with Crippen LogP contribution in [0.15, 0.2) is 65.8 Å². The Morgan fingerprint density at radius 1 is 0.840 bits per heavy atom. The molecule has 4 heteroatoms. The largest absolute Gasteiger partial charge is 1.00 e. The molecule has 0 heterocycles. The number of rotatable bonds is 4.